The van der Waals surface area contributed by atoms with Crippen LogP contribution in [0.2, 0.25) is 5.15 Å². The van der Waals surface area contributed by atoms with E-state index in [-0.39, 0.29) is 0 Å². The van der Waals surface area contributed by atoms with Gasteiger partial charge in [0.15, 0.2) is 11.5 Å². The molecule has 0 spiro atoms. The Hall–Kier alpha value is -1.30. The van der Waals surface area contributed by atoms with Gasteiger partial charge in [-0.1, -0.05) is 11.6 Å². The third kappa shape index (κ3) is 1.90. The van der Waals surface area contributed by atoms with Crippen molar-refractivity contribution >= 4 is 28.2 Å². The summed E-state index contributed by atoms with van der Waals surface area (Å²) in [5.74, 6) is -0.404. The highest BCUT2D eigenvalue weighted by molar-refractivity contribution is 6.34. The Morgan fingerprint density at radius 3 is 2.93 bits per heavy atom. The number of aromatic nitrogens is 2. The summed E-state index contributed by atoms with van der Waals surface area (Å²) in [6.45, 7) is 0. The lowest BCUT2D eigenvalue weighted by Crippen LogP contribution is -2.76. The molecule has 0 fully saturated rings. The summed E-state index contributed by atoms with van der Waals surface area (Å²) in [7, 11) is 1.45. The highest BCUT2D eigenvalue weighted by Gasteiger charge is 2.11. The van der Waals surface area contributed by atoms with Crippen LogP contribution in [-0.4, -0.2) is 17.1 Å². The van der Waals surface area contributed by atoms with E-state index in [1.165, 1.54) is 25.0 Å². The Kier molecular flexibility index (Phi) is 2.77. The van der Waals surface area contributed by atoms with Crippen molar-refractivity contribution in [3.8, 4) is 0 Å². The van der Waals surface area contributed by atoms with Crippen LogP contribution < -0.4 is 5.48 Å². The molecule has 0 aliphatic carbocycles. The number of nitrogens with two attached hydrogens (primary N) is 1. The summed E-state index contributed by atoms with van der Waals surface area (Å²) in [6.07, 6.45) is 1.30. The third-order valence-electron chi connectivity index (χ3n) is 1.95. The zero-order valence-electron chi connectivity index (χ0n) is 7.87. The molecule has 0 saturated heterocycles. The normalized spacial score (nSPS) is 10.9. The van der Waals surface area contributed by atoms with Crippen molar-refractivity contribution in [2.45, 2.75) is 0 Å². The molecule has 2 N–H and O–H groups in total. The lowest BCUT2D eigenvalue weighted by atomic mass is 10.2. The molecule has 2 aromatic rings. The molecule has 0 unspecified atom stereocenters. The van der Waals surface area contributed by atoms with Crippen LogP contribution in [0, 0.1) is 5.82 Å². The molecule has 1 heterocycles. The van der Waals surface area contributed by atoms with E-state index in [2.05, 4.69) is 9.97 Å². The van der Waals surface area contributed by atoms with E-state index in [1.54, 1.807) is 6.07 Å². The molecule has 0 saturated carbocycles. The van der Waals surface area contributed by atoms with E-state index in [0.29, 0.717) is 21.7 Å². The number of halogens is 2. The van der Waals surface area contributed by atoms with Gasteiger partial charge in [0.05, 0.1) is 12.6 Å². The van der Waals surface area contributed by atoms with Gasteiger partial charge in [-0.2, -0.15) is 5.48 Å². The van der Waals surface area contributed by atoms with Crippen molar-refractivity contribution in [2.75, 3.05) is 7.11 Å². The second kappa shape index (κ2) is 4.06. The first-order valence-corrected chi connectivity index (χ1v) is 4.56. The number of rotatable bonds is 2. The summed E-state index contributed by atoms with van der Waals surface area (Å²) in [5, 5.41) is 0.898. The van der Waals surface area contributed by atoms with E-state index < -0.39 is 5.82 Å². The maximum Gasteiger partial charge on any atom is 0.198 e. The van der Waals surface area contributed by atoms with Crippen molar-refractivity contribution in [1.29, 1.82) is 0 Å². The SMILES string of the molecule is CO[NH2+]c1cc2c(Cl)ncnc2cc1F. The quantitative estimate of drug-likeness (QED) is 0.477. The maximum atomic E-state index is 13.4. The zero-order chi connectivity index (χ0) is 10.8. The monoisotopic (exact) mass is 228 g/mol. The molecule has 0 aliphatic heterocycles. The van der Waals surface area contributed by atoms with Crippen molar-refractivity contribution in [1.82, 2.24) is 9.97 Å². The van der Waals surface area contributed by atoms with Crippen LogP contribution in [0.25, 0.3) is 10.9 Å². The number of hydrogen-bond acceptors (Lipinski definition) is 3. The summed E-state index contributed by atoms with van der Waals surface area (Å²) in [6, 6.07) is 2.85. The molecular weight excluding hydrogens is 221 g/mol. The summed E-state index contributed by atoms with van der Waals surface area (Å²) >= 11 is 5.85. The fourth-order valence-corrected chi connectivity index (χ4v) is 1.48. The van der Waals surface area contributed by atoms with E-state index in [4.69, 9.17) is 16.4 Å². The second-order valence-electron chi connectivity index (χ2n) is 2.91. The minimum absolute atomic E-state index is 0.297. The van der Waals surface area contributed by atoms with E-state index in [1.807, 2.05) is 0 Å². The molecule has 0 aliphatic rings. The van der Waals surface area contributed by atoms with E-state index in [9.17, 15) is 4.39 Å². The second-order valence-corrected chi connectivity index (χ2v) is 3.27. The minimum Gasteiger partial charge on any atom is -0.236 e. The van der Waals surface area contributed by atoms with Crippen molar-refractivity contribution in [3.05, 3.63) is 29.4 Å². The molecule has 2 rings (SSSR count). The third-order valence-corrected chi connectivity index (χ3v) is 2.25. The average molecular weight is 229 g/mol. The predicted octanol–water partition coefficient (Wildman–Crippen LogP) is 1.18. The smallest absolute Gasteiger partial charge is 0.198 e. The van der Waals surface area contributed by atoms with Crippen LogP contribution in [0.15, 0.2) is 18.5 Å². The zero-order valence-corrected chi connectivity index (χ0v) is 8.62. The highest BCUT2D eigenvalue weighted by Crippen LogP contribution is 2.23. The first-order chi connectivity index (χ1) is 7.22. The Labute approximate surface area is 90.0 Å². The standard InChI is InChI=1S/C9H7ClFN3O/c1-15-14-8-2-5-7(3-6(8)11)12-4-13-9(5)10/h2-4,14H,1H3/p+1. The Bertz CT molecular complexity index is 506. The van der Waals surface area contributed by atoms with Gasteiger partial charge in [-0.25, -0.2) is 19.2 Å². The predicted molar refractivity (Wildman–Crippen MR) is 53.1 cm³/mol. The van der Waals surface area contributed by atoms with Crippen LogP contribution in [0.4, 0.5) is 10.1 Å². The minimum atomic E-state index is -0.404. The van der Waals surface area contributed by atoms with Gasteiger partial charge < -0.3 is 0 Å². The van der Waals surface area contributed by atoms with Gasteiger partial charge in [0.2, 0.25) is 0 Å². The Morgan fingerprint density at radius 2 is 2.20 bits per heavy atom. The van der Waals surface area contributed by atoms with Gasteiger partial charge in [-0.15, -0.1) is 0 Å². The van der Waals surface area contributed by atoms with Crippen LogP contribution in [-0.2, 0) is 4.84 Å². The van der Waals surface area contributed by atoms with Crippen LogP contribution >= 0.6 is 11.6 Å². The van der Waals surface area contributed by atoms with E-state index in [0.717, 1.165) is 0 Å². The average Bonchev–Trinajstić information content (AvgIpc) is 2.21. The first-order valence-electron chi connectivity index (χ1n) is 4.18. The molecule has 0 radical (unpaired) electrons. The first kappa shape index (κ1) is 10.2. The van der Waals surface area contributed by atoms with Crippen molar-refractivity contribution in [2.24, 2.45) is 0 Å². The molecule has 0 amide bonds. The highest BCUT2D eigenvalue weighted by atomic mass is 35.5. The van der Waals surface area contributed by atoms with Crippen LogP contribution in [0.1, 0.15) is 0 Å². The number of nitrogens with zero attached hydrogens (tertiary/aromatic N) is 2. The van der Waals surface area contributed by atoms with Gasteiger partial charge in [-0.05, 0) is 0 Å². The van der Waals surface area contributed by atoms with Gasteiger partial charge in [0.1, 0.15) is 11.5 Å². The largest absolute Gasteiger partial charge is 0.236 e. The topological polar surface area (TPSA) is 51.6 Å². The molecule has 1 aromatic carbocycles. The summed E-state index contributed by atoms with van der Waals surface area (Å²) in [5.41, 5.74) is 2.10. The number of benzene rings is 1. The molecular formula is C9H8ClFN3O+. The van der Waals surface area contributed by atoms with Gasteiger partial charge in [-0.3, -0.25) is 0 Å². The number of quaternary nitrogens is 1. The fourth-order valence-electron chi connectivity index (χ4n) is 1.28. The molecule has 0 atom stereocenters. The lowest BCUT2D eigenvalue weighted by molar-refractivity contribution is -0.831. The Balaban J connectivity index is 2.66. The summed E-state index contributed by atoms with van der Waals surface area (Å²) in [4.78, 5) is 12.5. The molecule has 0 bridgehead atoms. The lowest BCUT2D eigenvalue weighted by Gasteiger charge is -2.02. The fraction of sp³-hybridized carbons (Fsp3) is 0.111. The maximum absolute atomic E-state index is 13.4. The van der Waals surface area contributed by atoms with Gasteiger partial charge in [0.25, 0.3) is 0 Å². The molecule has 1 aromatic heterocycles. The van der Waals surface area contributed by atoms with Crippen molar-refractivity contribution in [3.63, 3.8) is 0 Å². The van der Waals surface area contributed by atoms with Crippen LogP contribution in [0.3, 0.4) is 0 Å². The molecule has 6 heteroatoms. The van der Waals surface area contributed by atoms with Gasteiger partial charge in [0, 0.05) is 17.5 Å². The Morgan fingerprint density at radius 1 is 1.40 bits per heavy atom. The number of fused-ring (bicyclic) bond motifs is 1. The van der Waals surface area contributed by atoms with Crippen molar-refractivity contribution < 1.29 is 14.7 Å². The molecule has 4 nitrogen and oxygen atoms in total. The molecule has 15 heavy (non-hydrogen) atoms. The van der Waals surface area contributed by atoms with Crippen LogP contribution in [0.5, 0.6) is 0 Å². The molecule has 78 valence electrons. The van der Waals surface area contributed by atoms with Gasteiger partial charge >= 0.3 is 0 Å². The van der Waals surface area contributed by atoms with E-state index >= 15 is 0 Å². The number of hydrogen-bond donors (Lipinski definition) is 1. The summed E-state index contributed by atoms with van der Waals surface area (Å²) < 4.78 is 13.4.